The van der Waals surface area contributed by atoms with Gasteiger partial charge in [0, 0.05) is 10.9 Å². The van der Waals surface area contributed by atoms with Crippen molar-refractivity contribution in [2.45, 2.75) is 13.0 Å². The fourth-order valence-electron chi connectivity index (χ4n) is 2.04. The van der Waals surface area contributed by atoms with Gasteiger partial charge >= 0.3 is 0 Å². The fraction of sp³-hybridized carbons (Fsp3) is 0.133. The van der Waals surface area contributed by atoms with Crippen molar-refractivity contribution < 1.29 is 0 Å². The van der Waals surface area contributed by atoms with E-state index < -0.39 is 0 Å². The third kappa shape index (κ3) is 2.93. The zero-order valence-electron chi connectivity index (χ0n) is 10.8. The van der Waals surface area contributed by atoms with E-state index in [1.54, 1.807) is 0 Å². The highest BCUT2D eigenvalue weighted by Crippen LogP contribution is 2.18. The van der Waals surface area contributed by atoms with Crippen molar-refractivity contribution >= 4 is 15.9 Å². The largest absolute Gasteiger partial charge is 0.225 e. The number of benzene rings is 2. The highest BCUT2D eigenvalue weighted by Gasteiger charge is 2.09. The standard InChI is InChI=1S/C15H13BrN4/c16-14-9-5-4-8-13(14)10-15-17-18-19-20(15)11-12-6-2-1-3-7-12/h1-9H,10-11H2. The first-order chi connectivity index (χ1) is 9.83. The summed E-state index contributed by atoms with van der Waals surface area (Å²) < 4.78 is 2.92. The Morgan fingerprint density at radius 1 is 0.950 bits per heavy atom. The molecule has 0 aliphatic heterocycles. The van der Waals surface area contributed by atoms with Crippen LogP contribution in [0.25, 0.3) is 0 Å². The molecule has 0 aliphatic carbocycles. The van der Waals surface area contributed by atoms with Gasteiger partial charge in [-0.1, -0.05) is 64.5 Å². The molecule has 1 aromatic heterocycles. The summed E-state index contributed by atoms with van der Waals surface area (Å²) in [6, 6.07) is 18.3. The van der Waals surface area contributed by atoms with Crippen LogP contribution < -0.4 is 0 Å². The molecule has 0 saturated carbocycles. The first kappa shape index (κ1) is 13.0. The maximum atomic E-state index is 4.13. The molecule has 0 N–H and O–H groups in total. The minimum atomic E-state index is 0.688. The van der Waals surface area contributed by atoms with E-state index >= 15 is 0 Å². The van der Waals surface area contributed by atoms with Crippen LogP contribution in [0.4, 0.5) is 0 Å². The zero-order valence-corrected chi connectivity index (χ0v) is 12.4. The molecular weight excluding hydrogens is 316 g/mol. The summed E-state index contributed by atoms with van der Waals surface area (Å²) in [6.45, 7) is 0.688. The van der Waals surface area contributed by atoms with Gasteiger partial charge in [0.1, 0.15) is 0 Å². The van der Waals surface area contributed by atoms with Gasteiger partial charge in [0.05, 0.1) is 6.54 Å². The normalized spacial score (nSPS) is 10.7. The summed E-state index contributed by atoms with van der Waals surface area (Å²) in [7, 11) is 0. The summed E-state index contributed by atoms with van der Waals surface area (Å²) in [5.74, 6) is 0.862. The Balaban J connectivity index is 1.82. The van der Waals surface area contributed by atoms with Gasteiger partial charge < -0.3 is 0 Å². The van der Waals surface area contributed by atoms with Gasteiger partial charge in [0.15, 0.2) is 5.82 Å². The quantitative estimate of drug-likeness (QED) is 0.739. The molecule has 2 aromatic carbocycles. The lowest BCUT2D eigenvalue weighted by Gasteiger charge is -2.06. The Hall–Kier alpha value is -2.01. The second-order valence-corrected chi connectivity index (χ2v) is 5.36. The van der Waals surface area contributed by atoms with Crippen molar-refractivity contribution in [3.8, 4) is 0 Å². The maximum absolute atomic E-state index is 4.13. The highest BCUT2D eigenvalue weighted by atomic mass is 79.9. The predicted octanol–water partition coefficient (Wildman–Crippen LogP) is 3.07. The molecule has 0 saturated heterocycles. The van der Waals surface area contributed by atoms with Crippen LogP contribution in [-0.4, -0.2) is 20.2 Å². The molecular formula is C15H13BrN4. The van der Waals surface area contributed by atoms with Crippen LogP contribution in [0, 0.1) is 0 Å². The number of rotatable bonds is 4. The lowest BCUT2D eigenvalue weighted by molar-refractivity contribution is 0.625. The Morgan fingerprint density at radius 2 is 1.70 bits per heavy atom. The average molecular weight is 329 g/mol. The first-order valence-electron chi connectivity index (χ1n) is 6.35. The fourth-order valence-corrected chi connectivity index (χ4v) is 2.47. The van der Waals surface area contributed by atoms with E-state index in [1.807, 2.05) is 41.1 Å². The van der Waals surface area contributed by atoms with Crippen molar-refractivity contribution in [1.82, 2.24) is 20.2 Å². The predicted molar refractivity (Wildman–Crippen MR) is 80.3 cm³/mol. The minimum Gasteiger partial charge on any atom is -0.225 e. The van der Waals surface area contributed by atoms with Crippen LogP contribution >= 0.6 is 15.9 Å². The van der Waals surface area contributed by atoms with E-state index in [1.165, 1.54) is 11.1 Å². The van der Waals surface area contributed by atoms with Crippen LogP contribution in [0.1, 0.15) is 17.0 Å². The van der Waals surface area contributed by atoms with Crippen molar-refractivity contribution in [3.05, 3.63) is 76.0 Å². The van der Waals surface area contributed by atoms with Crippen LogP contribution in [0.5, 0.6) is 0 Å². The van der Waals surface area contributed by atoms with Crippen LogP contribution in [0.15, 0.2) is 59.1 Å². The molecule has 5 heteroatoms. The maximum Gasteiger partial charge on any atom is 0.156 e. The first-order valence-corrected chi connectivity index (χ1v) is 7.14. The van der Waals surface area contributed by atoms with Gasteiger partial charge in [-0.2, -0.15) is 0 Å². The number of halogens is 1. The summed E-state index contributed by atoms with van der Waals surface area (Å²) >= 11 is 3.56. The molecule has 0 unspecified atom stereocenters. The molecule has 0 fully saturated rings. The Labute approximate surface area is 125 Å². The van der Waals surface area contributed by atoms with E-state index in [-0.39, 0.29) is 0 Å². The van der Waals surface area contributed by atoms with Gasteiger partial charge in [-0.25, -0.2) is 4.68 Å². The second kappa shape index (κ2) is 5.96. The molecule has 0 bridgehead atoms. The molecule has 0 radical (unpaired) electrons. The number of nitrogens with zero attached hydrogens (tertiary/aromatic N) is 4. The smallest absolute Gasteiger partial charge is 0.156 e. The summed E-state index contributed by atoms with van der Waals surface area (Å²) in [4.78, 5) is 0. The molecule has 1 heterocycles. The number of hydrogen-bond acceptors (Lipinski definition) is 3. The molecule has 100 valence electrons. The number of hydrogen-bond donors (Lipinski definition) is 0. The summed E-state index contributed by atoms with van der Waals surface area (Å²) in [5.41, 5.74) is 2.37. The van der Waals surface area contributed by atoms with Gasteiger partial charge in [0.25, 0.3) is 0 Å². The van der Waals surface area contributed by atoms with E-state index in [9.17, 15) is 0 Å². The lowest BCUT2D eigenvalue weighted by atomic mass is 10.1. The monoisotopic (exact) mass is 328 g/mol. The molecule has 3 rings (SSSR count). The molecule has 0 spiro atoms. The van der Waals surface area contributed by atoms with Crippen molar-refractivity contribution in [2.75, 3.05) is 0 Å². The van der Waals surface area contributed by atoms with Crippen molar-refractivity contribution in [3.63, 3.8) is 0 Å². The third-order valence-electron chi connectivity index (χ3n) is 3.09. The zero-order chi connectivity index (χ0) is 13.8. The van der Waals surface area contributed by atoms with Gasteiger partial charge in [0.2, 0.25) is 0 Å². The molecule has 0 atom stereocenters. The van der Waals surface area contributed by atoms with Crippen LogP contribution in [0.3, 0.4) is 0 Å². The average Bonchev–Trinajstić information content (AvgIpc) is 2.90. The van der Waals surface area contributed by atoms with E-state index in [2.05, 4.69) is 49.7 Å². The molecule has 0 amide bonds. The highest BCUT2D eigenvalue weighted by molar-refractivity contribution is 9.10. The number of tetrazole rings is 1. The van der Waals surface area contributed by atoms with E-state index in [0.717, 1.165) is 10.3 Å². The Morgan fingerprint density at radius 3 is 2.50 bits per heavy atom. The third-order valence-corrected chi connectivity index (χ3v) is 3.86. The summed E-state index contributed by atoms with van der Waals surface area (Å²) in [5, 5.41) is 12.0. The molecule has 20 heavy (non-hydrogen) atoms. The van der Waals surface area contributed by atoms with E-state index in [4.69, 9.17) is 0 Å². The number of aromatic nitrogens is 4. The molecule has 4 nitrogen and oxygen atoms in total. The SMILES string of the molecule is Brc1ccccc1Cc1nnnn1Cc1ccccc1. The van der Waals surface area contributed by atoms with Crippen LogP contribution in [0.2, 0.25) is 0 Å². The topological polar surface area (TPSA) is 43.6 Å². The molecule has 3 aromatic rings. The summed E-state index contributed by atoms with van der Waals surface area (Å²) in [6.07, 6.45) is 0.710. The van der Waals surface area contributed by atoms with E-state index in [0.29, 0.717) is 13.0 Å². The Kier molecular flexibility index (Phi) is 3.87. The molecule has 0 aliphatic rings. The van der Waals surface area contributed by atoms with Crippen molar-refractivity contribution in [1.29, 1.82) is 0 Å². The van der Waals surface area contributed by atoms with Gasteiger partial charge in [-0.3, -0.25) is 0 Å². The van der Waals surface area contributed by atoms with Crippen molar-refractivity contribution in [2.24, 2.45) is 0 Å². The van der Waals surface area contributed by atoms with Gasteiger partial charge in [-0.05, 0) is 27.6 Å². The van der Waals surface area contributed by atoms with Gasteiger partial charge in [-0.15, -0.1) is 5.10 Å². The minimum absolute atomic E-state index is 0.688. The lowest BCUT2D eigenvalue weighted by Crippen LogP contribution is -2.08. The van der Waals surface area contributed by atoms with Crippen LogP contribution in [-0.2, 0) is 13.0 Å². The Bertz CT molecular complexity index is 694. The second-order valence-electron chi connectivity index (χ2n) is 4.51.